The van der Waals surface area contributed by atoms with Gasteiger partial charge in [0.2, 0.25) is 6.79 Å². The molecule has 0 bridgehead atoms. The van der Waals surface area contributed by atoms with Crippen molar-refractivity contribution in [2.75, 3.05) is 11.7 Å². The highest BCUT2D eigenvalue weighted by molar-refractivity contribution is 8.27. The Bertz CT molecular complexity index is 1180. The molecule has 3 heterocycles. The third-order valence-electron chi connectivity index (χ3n) is 4.52. The van der Waals surface area contributed by atoms with Crippen LogP contribution in [-0.2, 0) is 4.79 Å². The van der Waals surface area contributed by atoms with E-state index in [1.807, 2.05) is 12.1 Å². The van der Waals surface area contributed by atoms with Crippen molar-refractivity contribution >= 4 is 57.7 Å². The number of anilines is 1. The molecule has 5 nitrogen and oxygen atoms in total. The summed E-state index contributed by atoms with van der Waals surface area (Å²) in [5.41, 5.74) is 1.86. The third kappa shape index (κ3) is 3.74. The maximum Gasteiger partial charge on any atom is 0.270 e. The van der Waals surface area contributed by atoms with E-state index in [0.29, 0.717) is 32.2 Å². The molecular formula is C22H15NO4S3. The first-order chi connectivity index (χ1) is 14.6. The lowest BCUT2D eigenvalue weighted by Crippen LogP contribution is -2.27. The van der Waals surface area contributed by atoms with E-state index in [1.165, 1.54) is 34.0 Å². The minimum Gasteiger partial charge on any atom is -0.454 e. The minimum atomic E-state index is -0.187. The summed E-state index contributed by atoms with van der Waals surface area (Å²) in [6, 6.07) is 17.3. The molecule has 0 unspecified atom stereocenters. The Hall–Kier alpha value is -2.68. The average Bonchev–Trinajstić information content (AvgIpc) is 3.44. The molecule has 150 valence electrons. The van der Waals surface area contributed by atoms with Crippen LogP contribution in [-0.4, -0.2) is 17.0 Å². The van der Waals surface area contributed by atoms with Crippen LogP contribution in [0.5, 0.6) is 11.5 Å². The van der Waals surface area contributed by atoms with Gasteiger partial charge in [-0.05, 0) is 43.3 Å². The van der Waals surface area contributed by atoms with E-state index >= 15 is 0 Å². The maximum atomic E-state index is 13.0. The molecule has 8 heteroatoms. The second-order valence-corrected chi connectivity index (χ2v) is 9.38. The molecule has 2 aromatic carbocycles. The smallest absolute Gasteiger partial charge is 0.270 e. The number of hydrogen-bond acceptors (Lipinski definition) is 7. The van der Waals surface area contributed by atoms with Crippen molar-refractivity contribution in [3.05, 3.63) is 70.8 Å². The van der Waals surface area contributed by atoms with E-state index in [0.717, 1.165) is 9.99 Å². The number of amides is 1. The van der Waals surface area contributed by atoms with Crippen molar-refractivity contribution in [2.45, 2.75) is 16.9 Å². The van der Waals surface area contributed by atoms with Crippen molar-refractivity contribution in [1.29, 1.82) is 0 Å². The first-order valence-corrected chi connectivity index (χ1v) is 11.1. The summed E-state index contributed by atoms with van der Waals surface area (Å²) in [5.74, 6) is 1.69. The highest BCUT2D eigenvalue weighted by Gasteiger charge is 2.34. The van der Waals surface area contributed by atoms with Crippen molar-refractivity contribution in [3.63, 3.8) is 0 Å². The van der Waals surface area contributed by atoms with Gasteiger partial charge in [-0.2, -0.15) is 0 Å². The number of furan rings is 1. The van der Waals surface area contributed by atoms with Gasteiger partial charge in [0.25, 0.3) is 5.91 Å². The van der Waals surface area contributed by atoms with Crippen LogP contribution in [0.25, 0.3) is 6.08 Å². The van der Waals surface area contributed by atoms with E-state index in [2.05, 4.69) is 31.2 Å². The molecule has 1 fully saturated rings. The number of ether oxygens (including phenoxy) is 2. The number of nitrogens with zero attached hydrogens (tertiary/aromatic N) is 1. The minimum absolute atomic E-state index is 0.179. The Morgan fingerprint density at radius 2 is 1.87 bits per heavy atom. The van der Waals surface area contributed by atoms with Gasteiger partial charge in [-0.1, -0.05) is 53.4 Å². The van der Waals surface area contributed by atoms with Gasteiger partial charge in [-0.3, -0.25) is 9.69 Å². The summed E-state index contributed by atoms with van der Waals surface area (Å²) in [7, 11) is 0. The molecule has 1 aromatic heterocycles. The average molecular weight is 454 g/mol. The maximum absolute atomic E-state index is 13.0. The first kappa shape index (κ1) is 19.3. The molecule has 0 spiro atoms. The van der Waals surface area contributed by atoms with Crippen LogP contribution in [0.2, 0.25) is 0 Å². The Balaban J connectivity index is 1.35. The van der Waals surface area contributed by atoms with Gasteiger partial charge in [-0.25, -0.2) is 0 Å². The van der Waals surface area contributed by atoms with Gasteiger partial charge in [0.1, 0.15) is 5.76 Å². The molecule has 3 aromatic rings. The number of fused-ring (bicyclic) bond motifs is 1. The summed E-state index contributed by atoms with van der Waals surface area (Å²) < 4.78 is 17.1. The highest BCUT2D eigenvalue weighted by Crippen LogP contribution is 2.41. The second-order valence-electron chi connectivity index (χ2n) is 6.63. The largest absolute Gasteiger partial charge is 0.454 e. The molecule has 0 N–H and O–H groups in total. The molecule has 1 saturated heterocycles. The number of carbonyl (C=O) groups is 1. The van der Waals surface area contributed by atoms with E-state index in [9.17, 15) is 4.79 Å². The number of hydrogen-bond donors (Lipinski definition) is 0. The normalized spacial score (nSPS) is 16.7. The molecular weight excluding hydrogens is 438 g/mol. The molecule has 0 saturated carbocycles. The topological polar surface area (TPSA) is 51.9 Å². The molecule has 0 radical (unpaired) electrons. The standard InChI is InChI=1S/C22H15NO4S3/c1-13-2-6-16(7-3-13)29-20-9-5-15(27-20)11-19-21(24)23(22(28)30-19)14-4-8-17-18(10-14)26-12-25-17/h2-11H,12H2,1H3/b19-11-. The number of aryl methyl sites for hydroxylation is 1. The van der Waals surface area contributed by atoms with Crippen molar-refractivity contribution in [2.24, 2.45) is 0 Å². The fraction of sp³-hybridized carbons (Fsp3) is 0.0909. The summed E-state index contributed by atoms with van der Waals surface area (Å²) in [6.45, 7) is 2.23. The first-order valence-electron chi connectivity index (χ1n) is 9.09. The number of rotatable bonds is 4. The predicted molar refractivity (Wildman–Crippen MR) is 122 cm³/mol. The van der Waals surface area contributed by atoms with Crippen molar-refractivity contribution < 1.29 is 18.7 Å². The van der Waals surface area contributed by atoms with Crippen LogP contribution in [0.15, 0.2) is 73.9 Å². The van der Waals surface area contributed by atoms with Crippen LogP contribution in [0, 0.1) is 6.92 Å². The SMILES string of the molecule is Cc1ccc(Sc2ccc(/C=C3\SC(=S)N(c4ccc5c(c4)OCO5)C3=O)o2)cc1. The number of thiocarbonyl (C=S) groups is 1. The zero-order valence-electron chi connectivity index (χ0n) is 15.8. The molecule has 1 amide bonds. The lowest BCUT2D eigenvalue weighted by atomic mass is 10.2. The summed E-state index contributed by atoms with van der Waals surface area (Å²) in [5, 5.41) is 0.761. The highest BCUT2D eigenvalue weighted by atomic mass is 32.2. The van der Waals surface area contributed by atoms with E-state index < -0.39 is 0 Å². The number of carbonyl (C=O) groups excluding carboxylic acids is 1. The Morgan fingerprint density at radius 3 is 2.70 bits per heavy atom. The van der Waals surface area contributed by atoms with E-state index in [-0.39, 0.29) is 12.7 Å². The van der Waals surface area contributed by atoms with Gasteiger partial charge < -0.3 is 13.9 Å². The van der Waals surface area contributed by atoms with Gasteiger partial charge >= 0.3 is 0 Å². The lowest BCUT2D eigenvalue weighted by molar-refractivity contribution is -0.113. The molecule has 0 aliphatic carbocycles. The zero-order valence-corrected chi connectivity index (χ0v) is 18.2. The van der Waals surface area contributed by atoms with Crippen LogP contribution in [0.3, 0.4) is 0 Å². The van der Waals surface area contributed by atoms with Crippen LogP contribution >= 0.6 is 35.7 Å². The second kappa shape index (κ2) is 7.86. The van der Waals surface area contributed by atoms with Gasteiger partial charge in [0, 0.05) is 17.0 Å². The fourth-order valence-corrected chi connectivity index (χ4v) is 5.09. The van der Waals surface area contributed by atoms with Gasteiger partial charge in [-0.15, -0.1) is 0 Å². The Morgan fingerprint density at radius 1 is 1.07 bits per heavy atom. The Labute approximate surface area is 187 Å². The van der Waals surface area contributed by atoms with Gasteiger partial charge in [0.15, 0.2) is 20.9 Å². The van der Waals surface area contributed by atoms with Crippen LogP contribution in [0.1, 0.15) is 11.3 Å². The molecule has 2 aliphatic rings. The monoisotopic (exact) mass is 453 g/mol. The molecule has 5 rings (SSSR count). The summed E-state index contributed by atoms with van der Waals surface area (Å²) in [4.78, 5) is 16.1. The predicted octanol–water partition coefficient (Wildman–Crippen LogP) is 5.87. The Kier molecular flexibility index (Phi) is 5.06. The third-order valence-corrected chi connectivity index (χ3v) is 6.75. The van der Waals surface area contributed by atoms with Gasteiger partial charge in [0.05, 0.1) is 10.6 Å². The van der Waals surface area contributed by atoms with E-state index in [1.54, 1.807) is 24.3 Å². The molecule has 2 aliphatic heterocycles. The van der Waals surface area contributed by atoms with Crippen LogP contribution < -0.4 is 14.4 Å². The molecule has 30 heavy (non-hydrogen) atoms. The zero-order chi connectivity index (χ0) is 20.7. The fourth-order valence-electron chi connectivity index (χ4n) is 3.03. The number of benzene rings is 2. The number of thioether (sulfide) groups is 1. The van der Waals surface area contributed by atoms with Crippen molar-refractivity contribution in [3.8, 4) is 11.5 Å². The molecule has 0 atom stereocenters. The van der Waals surface area contributed by atoms with Crippen LogP contribution in [0.4, 0.5) is 5.69 Å². The summed E-state index contributed by atoms with van der Waals surface area (Å²) >= 11 is 8.23. The van der Waals surface area contributed by atoms with Crippen molar-refractivity contribution in [1.82, 2.24) is 0 Å². The lowest BCUT2D eigenvalue weighted by Gasteiger charge is -2.14. The van der Waals surface area contributed by atoms with E-state index in [4.69, 9.17) is 26.1 Å². The summed E-state index contributed by atoms with van der Waals surface area (Å²) in [6.07, 6.45) is 1.73. The quantitative estimate of drug-likeness (QED) is 0.361.